The third-order valence-corrected chi connectivity index (χ3v) is 25.5. The summed E-state index contributed by atoms with van der Waals surface area (Å²) in [5.41, 5.74) is 10.8. The maximum Gasteiger partial charge on any atom is 0.481 e. The lowest BCUT2D eigenvalue weighted by atomic mass is 9.91. The van der Waals surface area contributed by atoms with Crippen LogP contribution in [0.2, 0.25) is 0 Å². The molecular formula is C63H113N2O60P3. The number of rotatable bonds is 42. The van der Waals surface area contributed by atoms with Crippen LogP contribution in [0.5, 0.6) is 0 Å². The summed E-state index contributed by atoms with van der Waals surface area (Å²) in [4.78, 5) is 45.4. The maximum absolute atomic E-state index is 13.9. The Labute approximate surface area is 719 Å². The van der Waals surface area contributed by atoms with E-state index in [0.717, 1.165) is 0 Å². The molecule has 0 aromatic heterocycles. The zero-order valence-corrected chi connectivity index (χ0v) is 69.0. The summed E-state index contributed by atoms with van der Waals surface area (Å²) in [6.45, 7) is -15.5. The van der Waals surface area contributed by atoms with E-state index < -0.39 is 416 Å². The lowest BCUT2D eigenvalue weighted by molar-refractivity contribution is -0.425. The molecule has 128 heavy (non-hydrogen) atoms. The lowest BCUT2D eigenvalue weighted by Gasteiger charge is -2.53. The minimum Gasteiger partial charge on any atom is -0.477 e. The van der Waals surface area contributed by atoms with Crippen molar-refractivity contribution in [2.24, 2.45) is 11.5 Å². The molecule has 0 spiro atoms. The standard InChI is InChI=1S/C63H113N2O60P3/c64-1-3-104-126(98,99)124-24(14-74)48-40(93)50(118-57-38(91)32(85)47(22(12-72)109-57)115-56-37(90)31(84)45(21(11-71)108-56)113-54-34(87)27(80)25(78)19(9-69)106-54)53(121-59-36(89)29(82)30(83)42(111-59)15(75)6-66)61(116-48)119-51-41(94)60(117-49-18(123-128(102,103)125-127(100,101)105-4-2-65)5-63(97,62(95)96)122-44(49)17(77)8-68)112-43(16(76)7-67)52(51)120-58-39(92)33(86)46(23(13-73)110-58)114-55-35(88)28(81)26(79)20(10-70)107-55/h15-61,66-94,97H,1-14,64-65H2,(H,95,96)(H,98,99)(H,100,101)(H,102,103)/t15-,16-,17+,18+,19+,20+,21+,22+,23+,24-,25-,26-,27-,28-,29-,30-,31+,32+,33+,34+,35+,36-,37+,38+,39+,40+,41-,42+,43+,44+,45+,46+,47+,48+,49+,50-,51+,52+,53-,54-,55-,56-,57+,58-,59+,60+,61+,63+/m0/s1. The van der Waals surface area contributed by atoms with Crippen LogP contribution in [0.25, 0.3) is 0 Å². The third kappa shape index (κ3) is 24.9. The van der Waals surface area contributed by atoms with Gasteiger partial charge in [-0.3, -0.25) is 18.1 Å². The van der Waals surface area contributed by atoms with Gasteiger partial charge in [0.2, 0.25) is 0 Å². The lowest BCUT2D eigenvalue weighted by Crippen LogP contribution is -2.71. The molecule has 9 rings (SSSR count). The second-order valence-electron chi connectivity index (χ2n) is 30.5. The van der Waals surface area contributed by atoms with Crippen LogP contribution < -0.4 is 11.5 Å². The quantitative estimate of drug-likeness (QED) is 0.0252. The zero-order chi connectivity index (χ0) is 95.2. The van der Waals surface area contributed by atoms with Gasteiger partial charge in [-0.15, -0.1) is 0 Å². The molecule has 9 aliphatic rings. The van der Waals surface area contributed by atoms with Crippen LogP contribution in [0.3, 0.4) is 0 Å². The monoisotopic (exact) mass is 1950 g/mol. The van der Waals surface area contributed by atoms with E-state index in [9.17, 15) is 191 Å². The van der Waals surface area contributed by atoms with Crippen molar-refractivity contribution in [1.82, 2.24) is 0 Å². The molecule has 9 saturated heterocycles. The van der Waals surface area contributed by atoms with Crippen molar-refractivity contribution in [3.05, 3.63) is 0 Å². The predicted molar refractivity (Wildman–Crippen MR) is 385 cm³/mol. The Morgan fingerprint density at radius 1 is 0.344 bits per heavy atom. The number of hydrogen-bond donors (Lipinski definition) is 36. The van der Waals surface area contributed by atoms with Crippen molar-refractivity contribution in [3.8, 4) is 0 Å². The van der Waals surface area contributed by atoms with Gasteiger partial charge >= 0.3 is 29.4 Å². The molecule has 3 unspecified atom stereocenters. The molecule has 0 aliphatic carbocycles. The van der Waals surface area contributed by atoms with Crippen LogP contribution in [0.4, 0.5) is 0 Å². The van der Waals surface area contributed by atoms with E-state index in [0.29, 0.717) is 0 Å². The first-order valence-corrected chi connectivity index (χ1v) is 43.6. The van der Waals surface area contributed by atoms with Gasteiger partial charge in [0.25, 0.3) is 5.79 Å². The van der Waals surface area contributed by atoms with Crippen molar-refractivity contribution in [3.63, 3.8) is 0 Å². The van der Waals surface area contributed by atoms with E-state index in [2.05, 4.69) is 8.83 Å². The van der Waals surface area contributed by atoms with Crippen molar-refractivity contribution >= 4 is 29.4 Å². The number of ether oxygens (including phenoxy) is 17. The van der Waals surface area contributed by atoms with E-state index in [1.54, 1.807) is 0 Å². The van der Waals surface area contributed by atoms with E-state index in [1.165, 1.54) is 0 Å². The van der Waals surface area contributed by atoms with Gasteiger partial charge in [0, 0.05) is 19.5 Å². The smallest absolute Gasteiger partial charge is 0.477 e. The van der Waals surface area contributed by atoms with E-state index in [4.69, 9.17) is 106 Å². The fourth-order valence-electron chi connectivity index (χ4n) is 15.1. The number of phosphoric ester groups is 3. The molecule has 0 aromatic carbocycles. The van der Waals surface area contributed by atoms with Gasteiger partial charge in [0.1, 0.15) is 238 Å². The number of carboxylic acid groups (broad SMARTS) is 1. The molecule has 51 atom stereocenters. The van der Waals surface area contributed by atoms with Gasteiger partial charge in [0.15, 0.2) is 50.3 Å². The molecule has 38 N–H and O–H groups in total. The highest BCUT2D eigenvalue weighted by Gasteiger charge is 2.65. The summed E-state index contributed by atoms with van der Waals surface area (Å²) < 4.78 is 164. The van der Waals surface area contributed by atoms with Crippen LogP contribution in [0.1, 0.15) is 6.42 Å². The van der Waals surface area contributed by atoms with Crippen LogP contribution in [0, 0.1) is 0 Å². The van der Waals surface area contributed by atoms with Crippen LogP contribution >= 0.6 is 23.5 Å². The number of aliphatic hydroxyl groups is 30. The summed E-state index contributed by atoms with van der Waals surface area (Å²) in [7, 11) is -18.1. The maximum atomic E-state index is 13.9. The molecule has 0 saturated carbocycles. The Morgan fingerprint density at radius 2 is 0.672 bits per heavy atom. The Balaban J connectivity index is 1.19. The fraction of sp³-hybridized carbons (Fsp3) is 0.984. The van der Waals surface area contributed by atoms with Crippen LogP contribution in [-0.4, -0.2) is 559 Å². The topological polar surface area (TPSA) is 1010 Å². The molecule has 0 bridgehead atoms. The van der Waals surface area contributed by atoms with Crippen LogP contribution in [-0.2, 0) is 121 Å². The molecule has 0 amide bonds. The highest BCUT2D eigenvalue weighted by molar-refractivity contribution is 7.61. The molecule has 9 fully saturated rings. The first-order chi connectivity index (χ1) is 60.1. The van der Waals surface area contributed by atoms with E-state index in [1.807, 2.05) is 0 Å². The molecule has 62 nitrogen and oxygen atoms in total. The molecule has 9 aliphatic heterocycles. The minimum atomic E-state index is -6.43. The summed E-state index contributed by atoms with van der Waals surface area (Å²) in [6, 6.07) is 0. The number of carbonyl (C=O) groups is 1. The van der Waals surface area contributed by atoms with Crippen molar-refractivity contribution in [2.45, 2.75) is 301 Å². The fourth-order valence-corrected chi connectivity index (χ4v) is 18.3. The van der Waals surface area contributed by atoms with Gasteiger partial charge < -0.3 is 265 Å². The molecule has 750 valence electrons. The number of aliphatic carboxylic acids is 1. The van der Waals surface area contributed by atoms with Crippen molar-refractivity contribution in [2.75, 3.05) is 85.8 Å². The summed E-state index contributed by atoms with van der Waals surface area (Å²) in [6.07, 6.45) is -121. The van der Waals surface area contributed by atoms with Crippen molar-refractivity contribution in [1.29, 1.82) is 0 Å². The molecule has 0 aromatic rings. The zero-order valence-electron chi connectivity index (χ0n) is 66.4. The summed E-state index contributed by atoms with van der Waals surface area (Å²) in [5, 5.41) is 347. The largest absolute Gasteiger partial charge is 0.481 e. The van der Waals surface area contributed by atoms with Gasteiger partial charge in [-0.05, 0) is 0 Å². The Kier molecular flexibility index (Phi) is 40.2. The minimum absolute atomic E-state index is 0.572. The number of nitrogens with two attached hydrogens (primary N) is 2. The SMILES string of the molecule is NCCOP(=O)(O)O[C@@H](CO)[C@H]1O[C@H](O[C@@H]2[C@H](O)[C@@H](O[C@H]3[C@@H]([C@H](O)CO)O[C@@](O)(C(=O)O)C[C@H]3OP(=O)(O)OP(=O)(O)OCCN)O[C@H]([C@@H](O)CO)[C@H]2O[C@@H]2O[C@H](CO)[C@@H](O[C@@H]3O[C@H](CO)[C@H](O)[C@H](O)[C@H]3O)[C@H](O)[C@H]2O)[C@@H](O[C@H]2O[C@H]([C@@H](O)CO)[C@@H](O)[C@H](O)[C@@H]2O)[C@@H](O[C@H]2O[C@H](CO)[C@@H](O[C@@H]3O[C@H](CO)[C@@H](O[C@@H]4O[C@H](CO)[C@H](O)[C@H](O)[C@H]4O)[C@H](O)[C@H]3O)[C@H](O)[C@H]2O)[C@@H]1O. The summed E-state index contributed by atoms with van der Waals surface area (Å²) >= 11 is 0. The molecule has 0 radical (unpaired) electrons. The number of phosphoric acid groups is 3. The van der Waals surface area contributed by atoms with E-state index in [-0.39, 0.29) is 0 Å². The third-order valence-electron chi connectivity index (χ3n) is 21.8. The number of hydrogen-bond acceptors (Lipinski definition) is 58. The van der Waals surface area contributed by atoms with Crippen LogP contribution in [0.15, 0.2) is 0 Å². The van der Waals surface area contributed by atoms with Gasteiger partial charge in [-0.25, -0.2) is 18.5 Å². The average molecular weight is 1950 g/mol. The second-order valence-corrected chi connectivity index (χ2v) is 34.9. The Bertz CT molecular complexity index is 3530. The van der Waals surface area contributed by atoms with Crippen molar-refractivity contribution < 1.29 is 294 Å². The number of aliphatic hydroxyl groups excluding tert-OH is 29. The normalized spacial score (nSPS) is 47.1. The molecule has 65 heteroatoms. The average Bonchev–Trinajstić information content (AvgIpc) is 0.782. The van der Waals surface area contributed by atoms with E-state index >= 15 is 0 Å². The number of carboxylic acids is 1. The van der Waals surface area contributed by atoms with Gasteiger partial charge in [-0.2, -0.15) is 4.31 Å². The predicted octanol–water partition coefficient (Wildman–Crippen LogP) is -22.4. The first kappa shape index (κ1) is 110. The Morgan fingerprint density at radius 3 is 1.09 bits per heavy atom. The molecular weight excluding hydrogens is 1840 g/mol. The molecule has 9 heterocycles. The van der Waals surface area contributed by atoms with Gasteiger partial charge in [-0.1, -0.05) is 0 Å². The highest BCUT2D eigenvalue weighted by Crippen LogP contribution is 2.62. The summed E-state index contributed by atoms with van der Waals surface area (Å²) in [5.74, 6) is -6.28. The second kappa shape index (κ2) is 47.0. The highest BCUT2D eigenvalue weighted by atomic mass is 31.3. The van der Waals surface area contributed by atoms with Gasteiger partial charge in [0.05, 0.1) is 72.7 Å². The first-order valence-electron chi connectivity index (χ1n) is 39.1. The Hall–Kier alpha value is -2.12.